The van der Waals surface area contributed by atoms with Crippen molar-refractivity contribution in [3.05, 3.63) is 64.2 Å². The number of hydrogen-bond acceptors (Lipinski definition) is 1. The van der Waals surface area contributed by atoms with E-state index in [1.807, 2.05) is 12.1 Å². The van der Waals surface area contributed by atoms with Crippen LogP contribution in [0.2, 0.25) is 0 Å². The number of fused-ring (bicyclic) bond motifs is 1. The summed E-state index contributed by atoms with van der Waals surface area (Å²) in [5.41, 5.74) is 7.30. The van der Waals surface area contributed by atoms with Gasteiger partial charge in [-0.25, -0.2) is 0 Å². The maximum absolute atomic E-state index is 12.2. The highest BCUT2D eigenvalue weighted by molar-refractivity contribution is 5.92. The number of benzene rings is 2. The largest absolute Gasteiger partial charge is 0.326 e. The molecule has 0 bridgehead atoms. The van der Waals surface area contributed by atoms with Crippen LogP contribution in [0.4, 0.5) is 5.69 Å². The van der Waals surface area contributed by atoms with Crippen molar-refractivity contribution >= 4 is 11.6 Å². The molecule has 1 N–H and O–H groups in total. The van der Waals surface area contributed by atoms with Crippen LogP contribution in [0.25, 0.3) is 0 Å². The van der Waals surface area contributed by atoms with Gasteiger partial charge in [-0.15, -0.1) is 0 Å². The van der Waals surface area contributed by atoms with E-state index in [1.165, 1.54) is 35.1 Å². The number of aryl methyl sites for hydroxylation is 4. The van der Waals surface area contributed by atoms with Crippen molar-refractivity contribution in [1.82, 2.24) is 0 Å². The van der Waals surface area contributed by atoms with Crippen LogP contribution in [0.1, 0.15) is 34.2 Å². The third-order valence-corrected chi connectivity index (χ3v) is 4.32. The Kier molecular flexibility index (Phi) is 3.78. The van der Waals surface area contributed by atoms with Crippen molar-refractivity contribution in [3.8, 4) is 0 Å². The summed E-state index contributed by atoms with van der Waals surface area (Å²) in [6, 6.07) is 12.5. The summed E-state index contributed by atoms with van der Waals surface area (Å²) in [5.74, 6) is 0.0520. The van der Waals surface area contributed by atoms with Gasteiger partial charge in [0.25, 0.3) is 0 Å². The van der Waals surface area contributed by atoms with Crippen LogP contribution in [-0.4, -0.2) is 5.91 Å². The van der Waals surface area contributed by atoms with Crippen molar-refractivity contribution in [2.45, 2.75) is 39.5 Å². The van der Waals surface area contributed by atoms with Crippen LogP contribution in [0, 0.1) is 13.8 Å². The van der Waals surface area contributed by atoms with Crippen LogP contribution >= 0.6 is 0 Å². The van der Waals surface area contributed by atoms with Gasteiger partial charge in [-0.3, -0.25) is 4.79 Å². The van der Waals surface area contributed by atoms with Gasteiger partial charge in [-0.05, 0) is 73.1 Å². The highest BCUT2D eigenvalue weighted by Gasteiger charge is 2.12. The molecule has 1 aliphatic rings. The summed E-state index contributed by atoms with van der Waals surface area (Å²) in [4.78, 5) is 12.2. The molecular weight excluding hydrogens is 258 g/mol. The van der Waals surface area contributed by atoms with Gasteiger partial charge < -0.3 is 5.32 Å². The molecule has 0 spiro atoms. The molecule has 0 heterocycles. The highest BCUT2D eigenvalue weighted by Crippen LogP contribution is 2.25. The third kappa shape index (κ3) is 3.15. The van der Waals surface area contributed by atoms with Crippen molar-refractivity contribution in [1.29, 1.82) is 0 Å². The summed E-state index contributed by atoms with van der Waals surface area (Å²) < 4.78 is 0. The third-order valence-electron chi connectivity index (χ3n) is 4.32. The molecule has 0 unspecified atom stereocenters. The molecule has 0 fully saturated rings. The minimum atomic E-state index is 0.0520. The Balaban J connectivity index is 1.67. The second-order valence-electron chi connectivity index (χ2n) is 5.98. The van der Waals surface area contributed by atoms with Crippen LogP contribution in [0.15, 0.2) is 36.4 Å². The molecule has 1 amide bonds. The normalized spacial score (nSPS) is 13.0. The SMILES string of the molecule is Cc1ccc(CC(=O)Nc2ccc3c(c2)CCC3)cc1C. The first-order valence-electron chi connectivity index (χ1n) is 7.59. The van der Waals surface area contributed by atoms with Crippen LogP contribution in [-0.2, 0) is 24.1 Å². The average molecular weight is 279 g/mol. The van der Waals surface area contributed by atoms with E-state index in [0.717, 1.165) is 17.7 Å². The Morgan fingerprint density at radius 2 is 1.81 bits per heavy atom. The standard InChI is InChI=1S/C19H21NO/c1-13-6-7-15(10-14(13)2)11-19(21)20-18-9-8-16-4-3-5-17(16)12-18/h6-10,12H,3-5,11H2,1-2H3,(H,20,21). The van der Waals surface area contributed by atoms with E-state index in [0.29, 0.717) is 6.42 Å². The van der Waals surface area contributed by atoms with Crippen molar-refractivity contribution < 1.29 is 4.79 Å². The lowest BCUT2D eigenvalue weighted by atomic mass is 10.0. The Morgan fingerprint density at radius 1 is 1.00 bits per heavy atom. The predicted octanol–water partition coefficient (Wildman–Crippen LogP) is 3.97. The highest BCUT2D eigenvalue weighted by atomic mass is 16.1. The second kappa shape index (κ2) is 5.72. The van der Waals surface area contributed by atoms with Gasteiger partial charge >= 0.3 is 0 Å². The fourth-order valence-electron chi connectivity index (χ4n) is 2.95. The molecule has 1 aliphatic carbocycles. The zero-order valence-corrected chi connectivity index (χ0v) is 12.7. The number of carbonyl (C=O) groups is 1. The molecule has 2 nitrogen and oxygen atoms in total. The molecule has 0 aromatic heterocycles. The molecule has 0 aliphatic heterocycles. The number of rotatable bonds is 3. The monoisotopic (exact) mass is 279 g/mol. The van der Waals surface area contributed by atoms with Gasteiger partial charge in [0.15, 0.2) is 0 Å². The molecule has 108 valence electrons. The van der Waals surface area contributed by atoms with Gasteiger partial charge in [-0.1, -0.05) is 24.3 Å². The van der Waals surface area contributed by atoms with Crippen molar-refractivity contribution in [3.63, 3.8) is 0 Å². The zero-order chi connectivity index (χ0) is 14.8. The van der Waals surface area contributed by atoms with E-state index in [2.05, 4.69) is 43.4 Å². The first-order chi connectivity index (χ1) is 10.1. The number of hydrogen-bond donors (Lipinski definition) is 1. The van der Waals surface area contributed by atoms with Gasteiger partial charge in [0, 0.05) is 5.69 Å². The Morgan fingerprint density at radius 3 is 2.62 bits per heavy atom. The van der Waals surface area contributed by atoms with E-state index in [1.54, 1.807) is 0 Å². The summed E-state index contributed by atoms with van der Waals surface area (Å²) in [6.07, 6.45) is 3.97. The number of carbonyl (C=O) groups excluding carboxylic acids is 1. The van der Waals surface area contributed by atoms with Crippen molar-refractivity contribution in [2.24, 2.45) is 0 Å². The van der Waals surface area contributed by atoms with Crippen LogP contribution in [0.5, 0.6) is 0 Å². The van der Waals surface area contributed by atoms with Crippen LogP contribution in [0.3, 0.4) is 0 Å². The fraction of sp³-hybridized carbons (Fsp3) is 0.316. The summed E-state index contributed by atoms with van der Waals surface area (Å²) in [7, 11) is 0. The molecule has 0 saturated carbocycles. The first-order valence-corrected chi connectivity index (χ1v) is 7.59. The molecule has 0 atom stereocenters. The predicted molar refractivity (Wildman–Crippen MR) is 86.7 cm³/mol. The number of nitrogens with one attached hydrogen (secondary N) is 1. The summed E-state index contributed by atoms with van der Waals surface area (Å²) in [5, 5.41) is 3.02. The lowest BCUT2D eigenvalue weighted by Gasteiger charge is -2.09. The number of amides is 1. The molecule has 2 heteroatoms. The maximum atomic E-state index is 12.2. The molecule has 2 aromatic carbocycles. The average Bonchev–Trinajstić information content (AvgIpc) is 2.90. The minimum absolute atomic E-state index is 0.0520. The molecule has 0 radical (unpaired) electrons. The Bertz CT molecular complexity index is 688. The Labute approximate surface area is 126 Å². The first kappa shape index (κ1) is 13.9. The van der Waals surface area contributed by atoms with E-state index in [4.69, 9.17) is 0 Å². The van der Waals surface area contributed by atoms with Crippen LogP contribution < -0.4 is 5.32 Å². The van der Waals surface area contributed by atoms with Gasteiger partial charge in [0.2, 0.25) is 5.91 Å². The molecule has 0 saturated heterocycles. The van der Waals surface area contributed by atoms with Gasteiger partial charge in [0.05, 0.1) is 6.42 Å². The molecule has 21 heavy (non-hydrogen) atoms. The van der Waals surface area contributed by atoms with E-state index in [9.17, 15) is 4.79 Å². The fourth-order valence-corrected chi connectivity index (χ4v) is 2.95. The van der Waals surface area contributed by atoms with E-state index in [-0.39, 0.29) is 5.91 Å². The Hall–Kier alpha value is -2.09. The lowest BCUT2D eigenvalue weighted by Crippen LogP contribution is -2.14. The quantitative estimate of drug-likeness (QED) is 0.905. The molecule has 3 rings (SSSR count). The molecular formula is C19H21NO. The summed E-state index contributed by atoms with van der Waals surface area (Å²) in [6.45, 7) is 4.17. The summed E-state index contributed by atoms with van der Waals surface area (Å²) >= 11 is 0. The minimum Gasteiger partial charge on any atom is -0.326 e. The lowest BCUT2D eigenvalue weighted by molar-refractivity contribution is -0.115. The zero-order valence-electron chi connectivity index (χ0n) is 12.7. The van der Waals surface area contributed by atoms with E-state index >= 15 is 0 Å². The maximum Gasteiger partial charge on any atom is 0.228 e. The van der Waals surface area contributed by atoms with Gasteiger partial charge in [0.1, 0.15) is 0 Å². The second-order valence-corrected chi connectivity index (χ2v) is 5.98. The topological polar surface area (TPSA) is 29.1 Å². The van der Waals surface area contributed by atoms with Gasteiger partial charge in [-0.2, -0.15) is 0 Å². The smallest absolute Gasteiger partial charge is 0.228 e. The molecule has 2 aromatic rings. The van der Waals surface area contributed by atoms with E-state index < -0.39 is 0 Å². The number of anilines is 1. The van der Waals surface area contributed by atoms with Crippen molar-refractivity contribution in [2.75, 3.05) is 5.32 Å².